The molecule has 2 unspecified atom stereocenters. The summed E-state index contributed by atoms with van der Waals surface area (Å²) in [4.78, 5) is 4.57. The largest absolute Gasteiger partial charge is 0.495 e. The summed E-state index contributed by atoms with van der Waals surface area (Å²) in [6.45, 7) is 0. The van der Waals surface area contributed by atoms with Gasteiger partial charge in [0.2, 0.25) is 0 Å². The van der Waals surface area contributed by atoms with E-state index >= 15 is 0 Å². The molecule has 110 valence electrons. The van der Waals surface area contributed by atoms with E-state index in [-0.39, 0.29) is 5.92 Å². The number of benzene rings is 1. The topological polar surface area (TPSA) is 48.1 Å². The molecule has 2 atom stereocenters. The van der Waals surface area contributed by atoms with Gasteiger partial charge in [-0.15, -0.1) is 0 Å². The number of nitrogens with two attached hydrogens (primary N) is 1. The molecule has 1 saturated carbocycles. The van der Waals surface area contributed by atoms with Crippen molar-refractivity contribution in [2.24, 2.45) is 5.73 Å². The summed E-state index contributed by atoms with van der Waals surface area (Å²) in [5.41, 5.74) is 8.63. The Kier molecular flexibility index (Phi) is 3.93. The normalized spacial score (nSPS) is 25.5. The van der Waals surface area contributed by atoms with Gasteiger partial charge in [-0.1, -0.05) is 43.2 Å². The molecule has 3 heteroatoms. The minimum absolute atomic E-state index is 0.288. The van der Waals surface area contributed by atoms with Crippen LogP contribution < -0.4 is 10.5 Å². The number of methoxy groups -OCH3 is 1. The van der Waals surface area contributed by atoms with Crippen molar-refractivity contribution in [3.63, 3.8) is 0 Å². The van der Waals surface area contributed by atoms with Gasteiger partial charge in [-0.3, -0.25) is 4.98 Å². The molecule has 0 spiro atoms. The van der Waals surface area contributed by atoms with Crippen LogP contribution in [0.1, 0.15) is 42.9 Å². The van der Waals surface area contributed by atoms with Gasteiger partial charge in [0, 0.05) is 12.1 Å². The number of hydrogen-bond donors (Lipinski definition) is 1. The zero-order valence-corrected chi connectivity index (χ0v) is 12.5. The molecule has 1 aliphatic rings. The lowest BCUT2D eigenvalue weighted by molar-refractivity contribution is 0.239. The van der Waals surface area contributed by atoms with Crippen LogP contribution in [0.15, 0.2) is 48.7 Å². The van der Waals surface area contributed by atoms with E-state index in [2.05, 4.69) is 29.2 Å². The Morgan fingerprint density at radius 3 is 2.71 bits per heavy atom. The summed E-state index contributed by atoms with van der Waals surface area (Å²) >= 11 is 0. The fourth-order valence-corrected chi connectivity index (χ4v) is 3.54. The van der Waals surface area contributed by atoms with Crippen molar-refractivity contribution in [2.45, 2.75) is 37.1 Å². The van der Waals surface area contributed by atoms with Gasteiger partial charge in [0.15, 0.2) is 0 Å². The van der Waals surface area contributed by atoms with Crippen LogP contribution in [0.25, 0.3) is 0 Å². The maximum Gasteiger partial charge on any atom is 0.142 e. The Bertz CT molecular complexity index is 599. The van der Waals surface area contributed by atoms with E-state index in [1.807, 2.05) is 24.4 Å². The Hall–Kier alpha value is -1.87. The zero-order chi connectivity index (χ0) is 14.7. The Balaban J connectivity index is 2.07. The molecule has 1 fully saturated rings. The van der Waals surface area contributed by atoms with Crippen LogP contribution in [0.4, 0.5) is 0 Å². The summed E-state index contributed by atoms with van der Waals surface area (Å²) in [5.74, 6) is 1.08. The van der Waals surface area contributed by atoms with Crippen molar-refractivity contribution in [2.75, 3.05) is 7.11 Å². The standard InChI is InChI=1S/C18H22N2O/c1-21-16-11-7-13-20-17(16)18(19)12-6-5-10-15(18)14-8-3-2-4-9-14/h2-4,7-9,11,13,15H,5-6,10,12,19H2,1H3. The van der Waals surface area contributed by atoms with E-state index in [0.717, 1.165) is 30.7 Å². The third kappa shape index (κ3) is 2.54. The van der Waals surface area contributed by atoms with Crippen molar-refractivity contribution in [3.05, 3.63) is 59.9 Å². The predicted molar refractivity (Wildman–Crippen MR) is 84.3 cm³/mol. The van der Waals surface area contributed by atoms with Crippen molar-refractivity contribution in [1.29, 1.82) is 0 Å². The molecule has 0 aliphatic heterocycles. The van der Waals surface area contributed by atoms with Gasteiger partial charge in [0.25, 0.3) is 0 Å². The van der Waals surface area contributed by atoms with Crippen LogP contribution >= 0.6 is 0 Å². The molecule has 2 aromatic rings. The highest BCUT2D eigenvalue weighted by atomic mass is 16.5. The minimum atomic E-state index is -0.452. The fraction of sp³-hybridized carbons (Fsp3) is 0.389. The molecule has 3 rings (SSSR count). The molecule has 0 saturated heterocycles. The van der Waals surface area contributed by atoms with Gasteiger partial charge in [0.1, 0.15) is 11.4 Å². The number of hydrogen-bond acceptors (Lipinski definition) is 3. The Morgan fingerprint density at radius 2 is 1.95 bits per heavy atom. The number of nitrogens with zero attached hydrogens (tertiary/aromatic N) is 1. The van der Waals surface area contributed by atoms with Crippen molar-refractivity contribution in [1.82, 2.24) is 4.98 Å². The van der Waals surface area contributed by atoms with Gasteiger partial charge >= 0.3 is 0 Å². The van der Waals surface area contributed by atoms with Crippen LogP contribution in [0.5, 0.6) is 5.75 Å². The van der Waals surface area contributed by atoms with Crippen LogP contribution in [0.3, 0.4) is 0 Å². The van der Waals surface area contributed by atoms with Gasteiger partial charge in [-0.05, 0) is 30.5 Å². The first-order valence-corrected chi connectivity index (χ1v) is 7.59. The summed E-state index contributed by atoms with van der Waals surface area (Å²) in [5, 5.41) is 0. The first-order chi connectivity index (χ1) is 10.3. The zero-order valence-electron chi connectivity index (χ0n) is 12.5. The highest BCUT2D eigenvalue weighted by Crippen LogP contribution is 2.47. The predicted octanol–water partition coefficient (Wildman–Crippen LogP) is 3.60. The van der Waals surface area contributed by atoms with E-state index in [1.54, 1.807) is 7.11 Å². The average Bonchev–Trinajstić information content (AvgIpc) is 2.56. The maximum absolute atomic E-state index is 6.89. The van der Waals surface area contributed by atoms with E-state index in [1.165, 1.54) is 12.0 Å². The van der Waals surface area contributed by atoms with Gasteiger partial charge < -0.3 is 10.5 Å². The summed E-state index contributed by atoms with van der Waals surface area (Å²) in [6.07, 6.45) is 6.20. The SMILES string of the molecule is COc1cccnc1C1(N)CCCCC1c1ccccc1. The lowest BCUT2D eigenvalue weighted by Gasteiger charge is -2.41. The van der Waals surface area contributed by atoms with Crippen LogP contribution in [0, 0.1) is 0 Å². The van der Waals surface area contributed by atoms with E-state index < -0.39 is 5.54 Å². The quantitative estimate of drug-likeness (QED) is 0.935. The van der Waals surface area contributed by atoms with Crippen molar-refractivity contribution >= 4 is 0 Å². The Labute approximate surface area is 126 Å². The molecule has 1 aliphatic carbocycles. The lowest BCUT2D eigenvalue weighted by atomic mass is 9.68. The van der Waals surface area contributed by atoms with Crippen LogP contribution in [-0.2, 0) is 5.54 Å². The molecule has 1 aromatic heterocycles. The van der Waals surface area contributed by atoms with Gasteiger partial charge in [-0.2, -0.15) is 0 Å². The second-order valence-corrected chi connectivity index (χ2v) is 5.80. The molecule has 2 N–H and O–H groups in total. The average molecular weight is 282 g/mol. The molecule has 1 aromatic carbocycles. The molecule has 0 radical (unpaired) electrons. The molecule has 3 nitrogen and oxygen atoms in total. The summed E-state index contributed by atoms with van der Waals surface area (Å²) in [6, 6.07) is 14.4. The van der Waals surface area contributed by atoms with Gasteiger partial charge in [0.05, 0.1) is 12.6 Å². The highest BCUT2D eigenvalue weighted by Gasteiger charge is 2.42. The molecule has 0 bridgehead atoms. The minimum Gasteiger partial charge on any atom is -0.495 e. The smallest absolute Gasteiger partial charge is 0.142 e. The first-order valence-electron chi connectivity index (χ1n) is 7.59. The number of rotatable bonds is 3. The summed E-state index contributed by atoms with van der Waals surface area (Å²) in [7, 11) is 1.68. The third-order valence-corrected chi connectivity index (χ3v) is 4.59. The number of aromatic nitrogens is 1. The monoisotopic (exact) mass is 282 g/mol. The Morgan fingerprint density at radius 1 is 1.14 bits per heavy atom. The second-order valence-electron chi connectivity index (χ2n) is 5.80. The molecular formula is C18H22N2O. The lowest BCUT2D eigenvalue weighted by Crippen LogP contribution is -2.45. The second kappa shape index (κ2) is 5.86. The third-order valence-electron chi connectivity index (χ3n) is 4.59. The number of pyridine rings is 1. The first kappa shape index (κ1) is 14.1. The van der Waals surface area contributed by atoms with E-state index in [0.29, 0.717) is 0 Å². The van der Waals surface area contributed by atoms with Crippen LogP contribution in [0.2, 0.25) is 0 Å². The van der Waals surface area contributed by atoms with E-state index in [9.17, 15) is 0 Å². The summed E-state index contributed by atoms with van der Waals surface area (Å²) < 4.78 is 5.51. The van der Waals surface area contributed by atoms with Gasteiger partial charge in [-0.25, -0.2) is 0 Å². The van der Waals surface area contributed by atoms with E-state index in [4.69, 9.17) is 10.5 Å². The van der Waals surface area contributed by atoms with Crippen LogP contribution in [-0.4, -0.2) is 12.1 Å². The highest BCUT2D eigenvalue weighted by molar-refractivity contribution is 5.38. The number of ether oxygens (including phenoxy) is 1. The van der Waals surface area contributed by atoms with Crippen molar-refractivity contribution in [3.8, 4) is 5.75 Å². The van der Waals surface area contributed by atoms with Crippen molar-refractivity contribution < 1.29 is 4.74 Å². The molecule has 0 amide bonds. The molecule has 21 heavy (non-hydrogen) atoms. The molecule has 1 heterocycles. The maximum atomic E-state index is 6.89. The fourth-order valence-electron chi connectivity index (χ4n) is 3.54. The molecular weight excluding hydrogens is 260 g/mol.